The maximum absolute atomic E-state index is 3.58. The third-order valence-corrected chi connectivity index (χ3v) is 4.05. The van der Waals surface area contributed by atoms with E-state index in [1.165, 1.54) is 25.1 Å². The summed E-state index contributed by atoms with van der Waals surface area (Å²) in [6.07, 6.45) is 2.82. The van der Waals surface area contributed by atoms with E-state index in [9.17, 15) is 0 Å². The molecule has 0 radical (unpaired) electrons. The molecule has 0 aromatic carbocycles. The first-order valence-corrected chi connectivity index (χ1v) is 5.26. The molecule has 2 fully saturated rings. The van der Waals surface area contributed by atoms with E-state index in [1.807, 2.05) is 0 Å². The second kappa shape index (κ2) is 2.74. The molecular weight excluding hydrogens is 142 g/mol. The number of nitrogens with one attached hydrogen (secondary N) is 1. The molecule has 2 rings (SSSR count). The quantitative estimate of drug-likeness (QED) is 0.572. The molecule has 0 aromatic rings. The minimum atomic E-state index is 0.872. The van der Waals surface area contributed by atoms with Crippen LogP contribution in [-0.4, -0.2) is 23.6 Å². The van der Waals surface area contributed by atoms with Crippen LogP contribution in [0.25, 0.3) is 0 Å². The third kappa shape index (κ3) is 1.19. The lowest BCUT2D eigenvalue weighted by Gasteiger charge is -2.28. The molecule has 0 aromatic heterocycles. The zero-order valence-electron chi connectivity index (χ0n) is 6.47. The second-order valence-corrected chi connectivity index (χ2v) is 4.96. The van der Waals surface area contributed by atoms with Gasteiger partial charge in [0.1, 0.15) is 0 Å². The Hall–Kier alpha value is 0.310. The molecule has 2 aliphatic rings. The number of hydrogen-bond acceptors (Lipinski definition) is 2. The van der Waals surface area contributed by atoms with Crippen LogP contribution in [0.15, 0.2) is 0 Å². The molecule has 1 N–H and O–H groups in total. The Morgan fingerprint density at radius 3 is 3.30 bits per heavy atom. The van der Waals surface area contributed by atoms with Crippen molar-refractivity contribution in [2.24, 2.45) is 5.92 Å². The first-order valence-electron chi connectivity index (χ1n) is 4.21. The van der Waals surface area contributed by atoms with Gasteiger partial charge in [-0.2, -0.15) is 11.8 Å². The van der Waals surface area contributed by atoms with E-state index in [0.29, 0.717) is 0 Å². The summed E-state index contributed by atoms with van der Waals surface area (Å²) in [5.74, 6) is 2.40. The summed E-state index contributed by atoms with van der Waals surface area (Å²) in [7, 11) is 0. The van der Waals surface area contributed by atoms with Crippen LogP contribution in [0.2, 0.25) is 0 Å². The van der Waals surface area contributed by atoms with E-state index in [4.69, 9.17) is 0 Å². The SMILES string of the molecule is CC1CC2NCCC2CS1. The van der Waals surface area contributed by atoms with Crippen molar-refractivity contribution < 1.29 is 0 Å². The molecule has 0 saturated carbocycles. The molecule has 10 heavy (non-hydrogen) atoms. The van der Waals surface area contributed by atoms with Crippen molar-refractivity contribution in [1.82, 2.24) is 5.32 Å². The van der Waals surface area contributed by atoms with Gasteiger partial charge in [0.25, 0.3) is 0 Å². The summed E-state index contributed by atoms with van der Waals surface area (Å²) in [5.41, 5.74) is 0. The van der Waals surface area contributed by atoms with Crippen molar-refractivity contribution in [3.05, 3.63) is 0 Å². The topological polar surface area (TPSA) is 12.0 Å². The van der Waals surface area contributed by atoms with E-state index in [-0.39, 0.29) is 0 Å². The lowest BCUT2D eigenvalue weighted by atomic mass is 9.98. The number of rotatable bonds is 0. The predicted molar refractivity (Wildman–Crippen MR) is 46.4 cm³/mol. The maximum Gasteiger partial charge on any atom is 0.0114 e. The smallest absolute Gasteiger partial charge is 0.0114 e. The Bertz CT molecular complexity index is 126. The van der Waals surface area contributed by atoms with E-state index < -0.39 is 0 Å². The number of thioether (sulfide) groups is 1. The van der Waals surface area contributed by atoms with E-state index in [1.54, 1.807) is 0 Å². The number of fused-ring (bicyclic) bond motifs is 1. The Balaban J connectivity index is 1.96. The standard InChI is InChI=1S/C8H15NS/c1-6-4-8-7(5-10-6)2-3-9-8/h6-9H,2-5H2,1H3. The molecule has 2 heterocycles. The highest BCUT2D eigenvalue weighted by molar-refractivity contribution is 7.99. The van der Waals surface area contributed by atoms with Crippen molar-refractivity contribution >= 4 is 11.8 Å². The van der Waals surface area contributed by atoms with Gasteiger partial charge in [-0.15, -0.1) is 0 Å². The molecule has 0 amide bonds. The lowest BCUT2D eigenvalue weighted by Crippen LogP contribution is -2.34. The maximum atomic E-state index is 3.58. The summed E-state index contributed by atoms with van der Waals surface area (Å²) < 4.78 is 0. The Morgan fingerprint density at radius 1 is 1.50 bits per heavy atom. The van der Waals surface area contributed by atoms with Gasteiger partial charge >= 0.3 is 0 Å². The average Bonchev–Trinajstić information content (AvgIpc) is 2.33. The largest absolute Gasteiger partial charge is 0.314 e. The zero-order valence-corrected chi connectivity index (χ0v) is 7.29. The van der Waals surface area contributed by atoms with Crippen LogP contribution in [0.4, 0.5) is 0 Å². The average molecular weight is 157 g/mol. The van der Waals surface area contributed by atoms with Crippen molar-refractivity contribution in [3.8, 4) is 0 Å². The Morgan fingerprint density at radius 2 is 2.40 bits per heavy atom. The highest BCUT2D eigenvalue weighted by Gasteiger charge is 2.31. The fourth-order valence-corrected chi connectivity index (χ4v) is 3.33. The van der Waals surface area contributed by atoms with E-state index in [2.05, 4.69) is 24.0 Å². The van der Waals surface area contributed by atoms with Crippen LogP contribution in [0, 0.1) is 5.92 Å². The third-order valence-electron chi connectivity index (χ3n) is 2.67. The minimum Gasteiger partial charge on any atom is -0.314 e. The summed E-state index contributed by atoms with van der Waals surface area (Å²) in [6, 6.07) is 0.872. The minimum absolute atomic E-state index is 0.872. The normalized spacial score (nSPS) is 47.1. The van der Waals surface area contributed by atoms with Crippen molar-refractivity contribution in [2.45, 2.75) is 31.1 Å². The highest BCUT2D eigenvalue weighted by atomic mass is 32.2. The van der Waals surface area contributed by atoms with Crippen molar-refractivity contribution in [1.29, 1.82) is 0 Å². The molecule has 2 aliphatic heterocycles. The van der Waals surface area contributed by atoms with Crippen LogP contribution in [-0.2, 0) is 0 Å². The number of hydrogen-bond donors (Lipinski definition) is 1. The molecule has 3 unspecified atom stereocenters. The Kier molecular flexibility index (Phi) is 1.92. The molecule has 0 bridgehead atoms. The van der Waals surface area contributed by atoms with E-state index in [0.717, 1.165) is 17.2 Å². The van der Waals surface area contributed by atoms with Crippen LogP contribution < -0.4 is 5.32 Å². The highest BCUT2D eigenvalue weighted by Crippen LogP contribution is 2.33. The predicted octanol–water partition coefficient (Wildman–Crippen LogP) is 1.49. The van der Waals surface area contributed by atoms with Gasteiger partial charge in [-0.3, -0.25) is 0 Å². The second-order valence-electron chi connectivity index (χ2n) is 3.49. The Labute approximate surface area is 67.0 Å². The van der Waals surface area contributed by atoms with Gasteiger partial charge in [0.05, 0.1) is 0 Å². The zero-order chi connectivity index (χ0) is 6.97. The van der Waals surface area contributed by atoms with Gasteiger partial charge in [-0.1, -0.05) is 6.92 Å². The molecule has 58 valence electrons. The lowest BCUT2D eigenvalue weighted by molar-refractivity contribution is 0.444. The van der Waals surface area contributed by atoms with Crippen LogP contribution in [0.1, 0.15) is 19.8 Å². The van der Waals surface area contributed by atoms with Crippen molar-refractivity contribution in [2.75, 3.05) is 12.3 Å². The summed E-state index contributed by atoms with van der Waals surface area (Å²) in [6.45, 7) is 3.61. The fraction of sp³-hybridized carbons (Fsp3) is 1.00. The van der Waals surface area contributed by atoms with Gasteiger partial charge in [0.15, 0.2) is 0 Å². The van der Waals surface area contributed by atoms with Gasteiger partial charge in [0, 0.05) is 11.3 Å². The molecule has 0 aliphatic carbocycles. The monoisotopic (exact) mass is 157 g/mol. The van der Waals surface area contributed by atoms with Crippen LogP contribution in [0.5, 0.6) is 0 Å². The van der Waals surface area contributed by atoms with E-state index >= 15 is 0 Å². The molecule has 3 atom stereocenters. The van der Waals surface area contributed by atoms with Crippen molar-refractivity contribution in [3.63, 3.8) is 0 Å². The first-order chi connectivity index (χ1) is 4.86. The van der Waals surface area contributed by atoms with Crippen LogP contribution >= 0.6 is 11.8 Å². The van der Waals surface area contributed by atoms with Gasteiger partial charge < -0.3 is 5.32 Å². The van der Waals surface area contributed by atoms with Gasteiger partial charge in [-0.05, 0) is 31.1 Å². The summed E-state index contributed by atoms with van der Waals surface area (Å²) in [5, 5.41) is 4.47. The summed E-state index contributed by atoms with van der Waals surface area (Å²) in [4.78, 5) is 0. The van der Waals surface area contributed by atoms with Gasteiger partial charge in [0.2, 0.25) is 0 Å². The molecule has 0 spiro atoms. The molecule has 1 nitrogen and oxygen atoms in total. The fourth-order valence-electron chi connectivity index (χ4n) is 2.01. The first kappa shape index (κ1) is 6.99. The molecular formula is C8H15NS. The van der Waals surface area contributed by atoms with Gasteiger partial charge in [-0.25, -0.2) is 0 Å². The van der Waals surface area contributed by atoms with Crippen LogP contribution in [0.3, 0.4) is 0 Å². The molecule has 2 heteroatoms. The molecule has 2 saturated heterocycles. The summed E-state index contributed by atoms with van der Waals surface area (Å²) >= 11 is 2.15.